The van der Waals surface area contributed by atoms with Gasteiger partial charge < -0.3 is 0 Å². The summed E-state index contributed by atoms with van der Waals surface area (Å²) in [4.78, 5) is 0. The number of hydrogen-bond acceptors (Lipinski definition) is 0. The molecule has 0 amide bonds. The lowest BCUT2D eigenvalue weighted by molar-refractivity contribution is 0.661. The van der Waals surface area contributed by atoms with E-state index in [0.29, 0.717) is 5.92 Å². The van der Waals surface area contributed by atoms with Crippen LogP contribution in [0.25, 0.3) is 98.0 Å². The Hall–Kier alpha value is -5.72. The van der Waals surface area contributed by atoms with Crippen molar-refractivity contribution in [3.63, 3.8) is 0 Å². The molecule has 0 spiro atoms. The maximum atomic E-state index is 2.48. The first kappa shape index (κ1) is 28.2. The van der Waals surface area contributed by atoms with Crippen LogP contribution in [-0.2, 0) is 5.41 Å². The van der Waals surface area contributed by atoms with Crippen LogP contribution in [0, 0.1) is 0 Å². The molecule has 50 heavy (non-hydrogen) atoms. The van der Waals surface area contributed by atoms with Crippen molar-refractivity contribution in [2.45, 2.75) is 39.0 Å². The van der Waals surface area contributed by atoms with Crippen molar-refractivity contribution in [2.24, 2.45) is 0 Å². The summed E-state index contributed by atoms with van der Waals surface area (Å²) in [6, 6.07) is 53.6. The van der Waals surface area contributed by atoms with E-state index in [1.54, 1.807) is 0 Å². The molecular weight excluding hydrogens is 601 g/mol. The minimum atomic E-state index is -0.127. The van der Waals surface area contributed by atoms with Gasteiger partial charge in [0.2, 0.25) is 0 Å². The van der Waals surface area contributed by atoms with Crippen LogP contribution < -0.4 is 0 Å². The second-order valence-corrected chi connectivity index (χ2v) is 15.5. The Morgan fingerprint density at radius 1 is 0.380 bits per heavy atom. The van der Waals surface area contributed by atoms with E-state index in [1.165, 1.54) is 115 Å². The van der Waals surface area contributed by atoms with Gasteiger partial charge in [0.25, 0.3) is 0 Å². The Balaban J connectivity index is 1.05. The van der Waals surface area contributed by atoms with Crippen LogP contribution in [-0.4, -0.2) is 0 Å². The molecule has 0 nitrogen and oxygen atoms in total. The smallest absolute Gasteiger partial charge is 0.0159 e. The maximum absolute atomic E-state index is 2.48. The van der Waals surface area contributed by atoms with Crippen molar-refractivity contribution in [1.29, 1.82) is 0 Å². The predicted molar refractivity (Wildman–Crippen MR) is 216 cm³/mol. The van der Waals surface area contributed by atoms with Gasteiger partial charge in [-0.2, -0.15) is 0 Å². The van der Waals surface area contributed by atoms with Crippen molar-refractivity contribution in [1.82, 2.24) is 0 Å². The maximum Gasteiger partial charge on any atom is 0.0159 e. The molecule has 0 unspecified atom stereocenters. The van der Waals surface area contributed by atoms with Gasteiger partial charge in [0.15, 0.2) is 0 Å². The van der Waals surface area contributed by atoms with E-state index in [0.717, 1.165) is 0 Å². The first-order valence-corrected chi connectivity index (χ1v) is 18.0. The van der Waals surface area contributed by atoms with Gasteiger partial charge in [-0.05, 0) is 133 Å². The number of fused-ring (bicyclic) bond motifs is 3. The monoisotopic (exact) mass is 636 g/mol. The van der Waals surface area contributed by atoms with Crippen molar-refractivity contribution in [3.8, 4) is 33.4 Å². The average molecular weight is 637 g/mol. The number of rotatable bonds is 3. The first-order valence-electron chi connectivity index (χ1n) is 18.0. The summed E-state index contributed by atoms with van der Waals surface area (Å²) >= 11 is 0. The second kappa shape index (κ2) is 9.71. The van der Waals surface area contributed by atoms with Crippen LogP contribution >= 0.6 is 0 Å². The van der Waals surface area contributed by atoms with Crippen LogP contribution in [0.2, 0.25) is 0 Å². The first-order chi connectivity index (χ1) is 24.3. The average Bonchev–Trinajstić information content (AvgIpc) is 3.37. The van der Waals surface area contributed by atoms with E-state index in [9.17, 15) is 0 Å². The van der Waals surface area contributed by atoms with E-state index >= 15 is 0 Å². The van der Waals surface area contributed by atoms with Gasteiger partial charge in [-0.3, -0.25) is 0 Å². The summed E-state index contributed by atoms with van der Waals surface area (Å²) in [6.07, 6.45) is 0. The molecule has 11 rings (SSSR count). The quantitative estimate of drug-likeness (QED) is 0.169. The van der Waals surface area contributed by atoms with E-state index in [-0.39, 0.29) is 5.41 Å². The SMILES string of the molecule is CC(C)c1cc2ccc3ccc(-c4ccc5c(c4)C(C)(C)c4cc(-c6ccc7ccc8cccc9ccc6c7c89)ccc4-5)c4ccc(c1)c2c34. The van der Waals surface area contributed by atoms with Crippen molar-refractivity contribution in [3.05, 3.63) is 156 Å². The van der Waals surface area contributed by atoms with E-state index in [2.05, 4.69) is 167 Å². The molecule has 0 N–H and O–H groups in total. The lowest BCUT2D eigenvalue weighted by atomic mass is 9.80. The Kier molecular flexibility index (Phi) is 5.46. The highest BCUT2D eigenvalue weighted by atomic mass is 14.4. The van der Waals surface area contributed by atoms with Crippen molar-refractivity contribution in [2.75, 3.05) is 0 Å². The fraction of sp³-hybridized carbons (Fsp3) is 0.120. The largest absolute Gasteiger partial charge is 0.0610 e. The Labute approximate surface area is 292 Å². The van der Waals surface area contributed by atoms with Gasteiger partial charge in [-0.1, -0.05) is 155 Å². The summed E-state index contributed by atoms with van der Waals surface area (Å²) in [7, 11) is 0. The highest BCUT2D eigenvalue weighted by Crippen LogP contribution is 2.52. The molecule has 0 fully saturated rings. The van der Waals surface area contributed by atoms with E-state index in [4.69, 9.17) is 0 Å². The second-order valence-electron chi connectivity index (χ2n) is 15.5. The Morgan fingerprint density at radius 3 is 1.30 bits per heavy atom. The normalized spacial score (nSPS) is 13.9. The Morgan fingerprint density at radius 2 is 0.780 bits per heavy atom. The van der Waals surface area contributed by atoms with Gasteiger partial charge in [0.1, 0.15) is 0 Å². The molecule has 0 heterocycles. The number of benzene rings is 10. The van der Waals surface area contributed by atoms with E-state index in [1.807, 2.05) is 0 Å². The molecule has 1 aliphatic carbocycles. The molecule has 0 heteroatoms. The number of hydrogen-bond donors (Lipinski definition) is 0. The minimum absolute atomic E-state index is 0.127. The van der Waals surface area contributed by atoms with Crippen molar-refractivity contribution < 1.29 is 0 Å². The van der Waals surface area contributed by atoms with Gasteiger partial charge in [0.05, 0.1) is 0 Å². The van der Waals surface area contributed by atoms with Crippen LogP contribution in [0.5, 0.6) is 0 Å². The molecule has 10 aromatic carbocycles. The third kappa shape index (κ3) is 3.66. The third-order valence-corrected chi connectivity index (χ3v) is 12.1. The third-order valence-electron chi connectivity index (χ3n) is 12.1. The molecule has 0 saturated carbocycles. The zero-order valence-corrected chi connectivity index (χ0v) is 28.9. The van der Waals surface area contributed by atoms with Crippen LogP contribution in [0.1, 0.15) is 50.3 Å². The fourth-order valence-corrected chi connectivity index (χ4v) is 9.49. The molecule has 1 aliphatic rings. The minimum Gasteiger partial charge on any atom is -0.0610 e. The molecule has 0 bridgehead atoms. The summed E-state index contributed by atoms with van der Waals surface area (Å²) in [6.45, 7) is 9.39. The summed E-state index contributed by atoms with van der Waals surface area (Å²) in [5.41, 5.74) is 12.0. The topological polar surface area (TPSA) is 0 Å². The van der Waals surface area contributed by atoms with Crippen molar-refractivity contribution >= 4 is 64.6 Å². The lowest BCUT2D eigenvalue weighted by Gasteiger charge is -2.23. The molecule has 0 radical (unpaired) electrons. The zero-order chi connectivity index (χ0) is 33.5. The van der Waals surface area contributed by atoms with Gasteiger partial charge in [0, 0.05) is 5.41 Å². The molecular formula is C50H36. The molecule has 236 valence electrons. The van der Waals surface area contributed by atoms with Crippen LogP contribution in [0.4, 0.5) is 0 Å². The highest BCUT2D eigenvalue weighted by Gasteiger charge is 2.36. The van der Waals surface area contributed by atoms with Crippen LogP contribution in [0.15, 0.2) is 140 Å². The molecule has 0 aromatic heterocycles. The van der Waals surface area contributed by atoms with Gasteiger partial charge >= 0.3 is 0 Å². The highest BCUT2D eigenvalue weighted by molar-refractivity contribution is 6.27. The summed E-state index contributed by atoms with van der Waals surface area (Å²) in [5, 5.41) is 16.1. The lowest BCUT2D eigenvalue weighted by Crippen LogP contribution is -2.15. The fourth-order valence-electron chi connectivity index (χ4n) is 9.49. The Bertz CT molecular complexity index is 2990. The summed E-state index contributed by atoms with van der Waals surface area (Å²) in [5.74, 6) is 0.503. The van der Waals surface area contributed by atoms with Gasteiger partial charge in [-0.25, -0.2) is 0 Å². The summed E-state index contributed by atoms with van der Waals surface area (Å²) < 4.78 is 0. The molecule has 10 aromatic rings. The van der Waals surface area contributed by atoms with E-state index < -0.39 is 0 Å². The zero-order valence-electron chi connectivity index (χ0n) is 28.9. The van der Waals surface area contributed by atoms with Crippen LogP contribution in [0.3, 0.4) is 0 Å². The molecule has 0 atom stereocenters. The molecule has 0 aliphatic heterocycles. The van der Waals surface area contributed by atoms with Gasteiger partial charge in [-0.15, -0.1) is 0 Å². The molecule has 0 saturated heterocycles. The standard InChI is InChI=1S/C50H36/c1-28(2)37-24-35-11-10-32-13-19-39(43-23-17-36(25-37)47(35)49(32)43)34-16-21-41-40-20-15-33(26-44(40)50(3,4)45(41)27-34)38-18-12-31-9-8-29-6-5-7-30-14-22-42(38)48(31)46(29)30/h5-28H,1-4H3. The predicted octanol–water partition coefficient (Wildman–Crippen LogP) is 14.2.